The normalized spacial score (nSPS) is 10.2. The number of ether oxygens (including phenoxy) is 3. The molecule has 0 fully saturated rings. The lowest BCUT2D eigenvalue weighted by molar-refractivity contribution is 0.0950. The van der Waals surface area contributed by atoms with Crippen molar-refractivity contribution in [3.63, 3.8) is 0 Å². The van der Waals surface area contributed by atoms with Crippen molar-refractivity contribution in [2.75, 3.05) is 14.2 Å². The van der Waals surface area contributed by atoms with Crippen molar-refractivity contribution < 1.29 is 19.0 Å². The van der Waals surface area contributed by atoms with Crippen LogP contribution in [0.5, 0.6) is 17.2 Å². The molecule has 3 aromatic rings. The Hall–Kier alpha value is -3.47. The van der Waals surface area contributed by atoms with E-state index in [2.05, 4.69) is 5.32 Å². The van der Waals surface area contributed by atoms with Gasteiger partial charge < -0.3 is 19.5 Å². The summed E-state index contributed by atoms with van der Waals surface area (Å²) in [5.41, 5.74) is 2.53. The van der Waals surface area contributed by atoms with Crippen molar-refractivity contribution in [3.05, 3.63) is 89.5 Å². The molecule has 144 valence electrons. The van der Waals surface area contributed by atoms with Crippen LogP contribution in [0.4, 0.5) is 0 Å². The Morgan fingerprint density at radius 2 is 1.61 bits per heavy atom. The quantitative estimate of drug-likeness (QED) is 0.639. The number of nitrogens with one attached hydrogen (secondary N) is 1. The Morgan fingerprint density at radius 1 is 0.821 bits per heavy atom. The molecule has 0 radical (unpaired) electrons. The molecule has 0 aromatic heterocycles. The fourth-order valence-corrected chi connectivity index (χ4v) is 2.73. The third-order valence-corrected chi connectivity index (χ3v) is 4.25. The predicted molar refractivity (Wildman–Crippen MR) is 108 cm³/mol. The maximum absolute atomic E-state index is 12.5. The number of methoxy groups -OCH3 is 2. The Labute approximate surface area is 164 Å². The molecule has 0 aliphatic heterocycles. The van der Waals surface area contributed by atoms with Crippen LogP contribution in [0.3, 0.4) is 0 Å². The number of benzene rings is 3. The number of hydrogen-bond donors (Lipinski definition) is 1. The van der Waals surface area contributed by atoms with Crippen LogP contribution in [0.2, 0.25) is 0 Å². The van der Waals surface area contributed by atoms with Gasteiger partial charge in [0, 0.05) is 12.1 Å². The van der Waals surface area contributed by atoms with Crippen LogP contribution in [0.25, 0.3) is 0 Å². The molecule has 3 aromatic carbocycles. The molecule has 1 amide bonds. The average Bonchev–Trinajstić information content (AvgIpc) is 2.76. The zero-order valence-electron chi connectivity index (χ0n) is 16.0. The summed E-state index contributed by atoms with van der Waals surface area (Å²) in [4.78, 5) is 12.5. The molecule has 0 saturated heterocycles. The molecule has 0 heterocycles. The Bertz CT molecular complexity index is 925. The molecule has 0 spiro atoms. The van der Waals surface area contributed by atoms with Crippen molar-refractivity contribution in [1.82, 2.24) is 5.32 Å². The fraction of sp³-hybridized carbons (Fsp3) is 0.174. The van der Waals surface area contributed by atoms with Gasteiger partial charge in [0.15, 0.2) is 11.5 Å². The first-order valence-corrected chi connectivity index (χ1v) is 8.95. The number of amides is 1. The van der Waals surface area contributed by atoms with E-state index in [4.69, 9.17) is 14.2 Å². The topological polar surface area (TPSA) is 56.8 Å². The fourth-order valence-electron chi connectivity index (χ4n) is 2.73. The number of carbonyl (C=O) groups is 1. The highest BCUT2D eigenvalue weighted by Gasteiger charge is 2.11. The third-order valence-electron chi connectivity index (χ3n) is 4.25. The van der Waals surface area contributed by atoms with Crippen molar-refractivity contribution in [2.45, 2.75) is 13.2 Å². The summed E-state index contributed by atoms with van der Waals surface area (Å²) in [6.07, 6.45) is 0. The second kappa shape index (κ2) is 9.46. The second-order valence-electron chi connectivity index (χ2n) is 6.17. The Morgan fingerprint density at radius 3 is 2.36 bits per heavy atom. The molecule has 0 saturated carbocycles. The first-order chi connectivity index (χ1) is 13.7. The molecular weight excluding hydrogens is 354 g/mol. The maximum atomic E-state index is 12.5. The van der Waals surface area contributed by atoms with Gasteiger partial charge in [0.1, 0.15) is 12.4 Å². The molecular formula is C23H23NO4. The maximum Gasteiger partial charge on any atom is 0.251 e. The van der Waals surface area contributed by atoms with E-state index in [0.717, 1.165) is 16.9 Å². The van der Waals surface area contributed by atoms with Crippen molar-refractivity contribution in [3.8, 4) is 17.2 Å². The van der Waals surface area contributed by atoms with Gasteiger partial charge in [-0.05, 0) is 41.5 Å². The lowest BCUT2D eigenvalue weighted by Crippen LogP contribution is -2.22. The van der Waals surface area contributed by atoms with Crippen LogP contribution in [-0.2, 0) is 13.2 Å². The highest BCUT2D eigenvalue weighted by molar-refractivity contribution is 5.94. The molecule has 5 heteroatoms. The van der Waals surface area contributed by atoms with Crippen LogP contribution in [0.15, 0.2) is 72.8 Å². The first-order valence-electron chi connectivity index (χ1n) is 8.95. The van der Waals surface area contributed by atoms with Gasteiger partial charge in [-0.3, -0.25) is 4.79 Å². The number of rotatable bonds is 8. The minimum absolute atomic E-state index is 0.185. The molecule has 0 atom stereocenters. The highest BCUT2D eigenvalue weighted by Crippen LogP contribution is 2.29. The average molecular weight is 377 g/mol. The van der Waals surface area contributed by atoms with E-state index >= 15 is 0 Å². The molecule has 28 heavy (non-hydrogen) atoms. The van der Waals surface area contributed by atoms with E-state index in [9.17, 15) is 4.79 Å². The number of carbonyl (C=O) groups excluding carboxylic acids is 1. The van der Waals surface area contributed by atoms with Crippen LogP contribution in [0.1, 0.15) is 21.5 Å². The van der Waals surface area contributed by atoms with E-state index in [1.54, 1.807) is 32.4 Å². The summed E-state index contributed by atoms with van der Waals surface area (Å²) in [6, 6.07) is 22.6. The third kappa shape index (κ3) is 5.04. The molecule has 0 aliphatic rings. The molecule has 0 bridgehead atoms. The smallest absolute Gasteiger partial charge is 0.251 e. The zero-order valence-corrected chi connectivity index (χ0v) is 16.0. The minimum atomic E-state index is -0.185. The lowest BCUT2D eigenvalue weighted by Gasteiger charge is -2.13. The Balaban J connectivity index is 1.64. The second-order valence-corrected chi connectivity index (χ2v) is 6.17. The van der Waals surface area contributed by atoms with Gasteiger partial charge >= 0.3 is 0 Å². The van der Waals surface area contributed by atoms with E-state index in [0.29, 0.717) is 30.2 Å². The highest BCUT2D eigenvalue weighted by atomic mass is 16.5. The summed E-state index contributed by atoms with van der Waals surface area (Å²) in [5.74, 6) is 1.68. The molecule has 1 N–H and O–H groups in total. The molecule has 0 aliphatic carbocycles. The minimum Gasteiger partial charge on any atom is -0.497 e. The van der Waals surface area contributed by atoms with Gasteiger partial charge in [-0.15, -0.1) is 0 Å². The standard InChI is InChI=1S/C23H23NO4/c1-26-20-10-6-9-18(13-20)15-24-23(25)19-11-12-21(22(14-19)27-2)28-16-17-7-4-3-5-8-17/h3-14H,15-16H2,1-2H3,(H,24,25). The van der Waals surface area contributed by atoms with Crippen molar-refractivity contribution >= 4 is 5.91 Å². The molecule has 5 nitrogen and oxygen atoms in total. The van der Waals surface area contributed by atoms with Crippen LogP contribution in [-0.4, -0.2) is 20.1 Å². The molecule has 3 rings (SSSR count). The summed E-state index contributed by atoms with van der Waals surface area (Å²) >= 11 is 0. The van der Waals surface area contributed by atoms with E-state index in [1.807, 2.05) is 54.6 Å². The largest absolute Gasteiger partial charge is 0.497 e. The monoisotopic (exact) mass is 377 g/mol. The van der Waals surface area contributed by atoms with Crippen LogP contribution < -0.4 is 19.5 Å². The first kappa shape index (κ1) is 19.3. The van der Waals surface area contributed by atoms with Gasteiger partial charge in [-0.25, -0.2) is 0 Å². The molecule has 0 unspecified atom stereocenters. The lowest BCUT2D eigenvalue weighted by atomic mass is 10.1. The zero-order chi connectivity index (χ0) is 19.8. The predicted octanol–water partition coefficient (Wildman–Crippen LogP) is 4.21. The van der Waals surface area contributed by atoms with E-state index < -0.39 is 0 Å². The van der Waals surface area contributed by atoms with Crippen molar-refractivity contribution in [2.24, 2.45) is 0 Å². The van der Waals surface area contributed by atoms with E-state index in [-0.39, 0.29) is 5.91 Å². The van der Waals surface area contributed by atoms with Gasteiger partial charge in [0.25, 0.3) is 5.91 Å². The summed E-state index contributed by atoms with van der Waals surface area (Å²) < 4.78 is 16.4. The van der Waals surface area contributed by atoms with Crippen LogP contribution in [0, 0.1) is 0 Å². The van der Waals surface area contributed by atoms with E-state index in [1.165, 1.54) is 0 Å². The SMILES string of the molecule is COc1cccc(CNC(=O)c2ccc(OCc3ccccc3)c(OC)c2)c1. The Kier molecular flexibility index (Phi) is 6.52. The van der Waals surface area contributed by atoms with Gasteiger partial charge in [-0.2, -0.15) is 0 Å². The van der Waals surface area contributed by atoms with Gasteiger partial charge in [0.2, 0.25) is 0 Å². The summed E-state index contributed by atoms with van der Waals surface area (Å²) in [5, 5.41) is 2.90. The van der Waals surface area contributed by atoms with Crippen LogP contribution >= 0.6 is 0 Å². The summed E-state index contributed by atoms with van der Waals surface area (Å²) in [7, 11) is 3.17. The number of hydrogen-bond acceptors (Lipinski definition) is 4. The summed E-state index contributed by atoms with van der Waals surface area (Å²) in [6.45, 7) is 0.836. The van der Waals surface area contributed by atoms with Gasteiger partial charge in [0.05, 0.1) is 14.2 Å². The van der Waals surface area contributed by atoms with Crippen molar-refractivity contribution in [1.29, 1.82) is 0 Å². The van der Waals surface area contributed by atoms with Gasteiger partial charge in [-0.1, -0.05) is 42.5 Å².